The summed E-state index contributed by atoms with van der Waals surface area (Å²) in [5, 5.41) is 20.7. The summed E-state index contributed by atoms with van der Waals surface area (Å²) in [5.41, 5.74) is 0. The fourth-order valence-corrected chi connectivity index (χ4v) is 7.53. The van der Waals surface area contributed by atoms with E-state index in [0.717, 1.165) is 44.9 Å². The zero-order valence-corrected chi connectivity index (χ0v) is 38.3. The Morgan fingerprint density at radius 2 is 1.37 bits per heavy atom. The molecular weight excluding hydrogens is 773 g/mol. The number of hydrogen-bond donors (Lipinski definition) is 2. The van der Waals surface area contributed by atoms with E-state index in [1.54, 1.807) is 12.2 Å². The Balaban J connectivity index is 2.50. The number of nitrogens with zero attached hydrogens (tertiary/aromatic N) is 1. The van der Waals surface area contributed by atoms with Crippen molar-refractivity contribution in [1.82, 2.24) is 0 Å². The summed E-state index contributed by atoms with van der Waals surface area (Å²) in [6, 6.07) is 0. The van der Waals surface area contributed by atoms with Gasteiger partial charge in [-0.05, 0) is 57.8 Å². The number of hydrogen-bond acceptors (Lipinski definition) is 11. The van der Waals surface area contributed by atoms with Gasteiger partial charge in [-0.3, -0.25) is 18.9 Å². The SMILES string of the molecule is CCCCCC/C=C\CCCCCCCCCC(=O)O[C@H](COC(=O)CCC/C=C\C[C@H]1C(=O)C[C@@H](O)[C@@H]1/C=C/[C@@H](O)CCCCC)COP(=O)([O-])OCC[N+](C)(C)C. The molecule has 1 saturated carbocycles. The van der Waals surface area contributed by atoms with Gasteiger partial charge in [-0.2, -0.15) is 0 Å². The number of ether oxygens (including phenoxy) is 2. The lowest BCUT2D eigenvalue weighted by Gasteiger charge is -2.28. The average molecular weight is 856 g/mol. The number of Topliss-reactive ketones (excluding diaryl/α,β-unsaturated/α-hetero) is 1. The predicted molar refractivity (Wildman–Crippen MR) is 232 cm³/mol. The van der Waals surface area contributed by atoms with Crippen LogP contribution in [0.4, 0.5) is 0 Å². The standard InChI is InChI=1S/C46H82NO11P/c1-6-8-10-11-12-13-14-15-16-17-18-19-20-21-27-31-46(52)58-40(38-57-59(53,54)56-35-34-47(3,4)5)37-55-45(51)30-26-23-22-25-29-41-42(44(50)36-43(41)49)33-32-39(48)28-24-9-7-2/h13-14,22,25,32-33,39-42,44,48,50H,6-12,15-21,23-24,26-31,34-38H2,1-5H3/b14-13-,25-22-,33-32+/t39-,40+,41+,42+,44+/m0/s1. The zero-order valence-electron chi connectivity index (χ0n) is 37.4. The minimum Gasteiger partial charge on any atom is -0.756 e. The van der Waals surface area contributed by atoms with Gasteiger partial charge in [0.15, 0.2) is 6.10 Å². The van der Waals surface area contributed by atoms with Crippen LogP contribution in [0.5, 0.6) is 0 Å². The molecule has 0 aromatic rings. The highest BCUT2D eigenvalue weighted by Gasteiger charge is 2.39. The highest BCUT2D eigenvalue weighted by Crippen LogP contribution is 2.38. The Kier molecular flexibility index (Phi) is 31.1. The summed E-state index contributed by atoms with van der Waals surface area (Å²) >= 11 is 0. The Morgan fingerprint density at radius 3 is 2.03 bits per heavy atom. The molecule has 59 heavy (non-hydrogen) atoms. The van der Waals surface area contributed by atoms with E-state index in [-0.39, 0.29) is 50.1 Å². The number of carbonyl (C=O) groups is 3. The molecule has 1 aliphatic rings. The Morgan fingerprint density at radius 1 is 0.797 bits per heavy atom. The van der Waals surface area contributed by atoms with Crippen molar-refractivity contribution < 1.29 is 57.1 Å². The molecule has 0 aromatic carbocycles. The van der Waals surface area contributed by atoms with Gasteiger partial charge < -0.3 is 38.1 Å². The van der Waals surface area contributed by atoms with Gasteiger partial charge in [0.1, 0.15) is 25.5 Å². The molecule has 0 bridgehead atoms. The largest absolute Gasteiger partial charge is 0.756 e. The lowest BCUT2D eigenvalue weighted by molar-refractivity contribution is -0.870. The van der Waals surface area contributed by atoms with Gasteiger partial charge in [0.2, 0.25) is 0 Å². The smallest absolute Gasteiger partial charge is 0.306 e. The van der Waals surface area contributed by atoms with E-state index >= 15 is 0 Å². The second-order valence-electron chi connectivity index (χ2n) is 17.2. The molecule has 2 N–H and O–H groups in total. The summed E-state index contributed by atoms with van der Waals surface area (Å²) in [6.07, 6.45) is 29.6. The van der Waals surface area contributed by atoms with Crippen LogP contribution in [0.2, 0.25) is 0 Å². The molecular formula is C46H82NO11P. The van der Waals surface area contributed by atoms with Gasteiger partial charge in [0.05, 0.1) is 40.0 Å². The molecule has 342 valence electrons. The first-order valence-electron chi connectivity index (χ1n) is 22.8. The van der Waals surface area contributed by atoms with Crippen molar-refractivity contribution in [3.8, 4) is 0 Å². The number of ketones is 1. The summed E-state index contributed by atoms with van der Waals surface area (Å²) < 4.78 is 33.8. The van der Waals surface area contributed by atoms with Gasteiger partial charge in [-0.25, -0.2) is 0 Å². The number of aliphatic hydroxyl groups is 2. The first kappa shape index (κ1) is 54.8. The number of aliphatic hydroxyl groups excluding tert-OH is 2. The summed E-state index contributed by atoms with van der Waals surface area (Å²) in [4.78, 5) is 50.3. The van der Waals surface area contributed by atoms with Gasteiger partial charge in [0.25, 0.3) is 7.82 Å². The number of phosphoric acid groups is 1. The first-order chi connectivity index (χ1) is 28.2. The predicted octanol–water partition coefficient (Wildman–Crippen LogP) is 8.87. The van der Waals surface area contributed by atoms with Gasteiger partial charge in [-0.15, -0.1) is 0 Å². The molecule has 1 fully saturated rings. The molecule has 1 aliphatic carbocycles. The number of carbonyl (C=O) groups excluding carboxylic acids is 3. The van der Waals surface area contributed by atoms with Crippen LogP contribution in [0.1, 0.15) is 162 Å². The Labute approximate surface area is 357 Å². The average Bonchev–Trinajstić information content (AvgIpc) is 3.44. The summed E-state index contributed by atoms with van der Waals surface area (Å²) in [7, 11) is 1.01. The van der Waals surface area contributed by atoms with E-state index in [4.69, 9.17) is 18.5 Å². The molecule has 6 atom stereocenters. The van der Waals surface area contributed by atoms with E-state index in [2.05, 4.69) is 26.0 Å². The fraction of sp³-hybridized carbons (Fsp3) is 0.804. The number of phosphoric ester groups is 1. The summed E-state index contributed by atoms with van der Waals surface area (Å²) in [6.45, 7) is 3.79. The van der Waals surface area contributed by atoms with Crippen molar-refractivity contribution >= 4 is 25.5 Å². The molecule has 0 radical (unpaired) electrons. The quantitative estimate of drug-likeness (QED) is 0.0201. The van der Waals surface area contributed by atoms with Crippen molar-refractivity contribution in [3.05, 3.63) is 36.5 Å². The normalized spacial score (nSPS) is 19.5. The van der Waals surface area contributed by atoms with Crippen molar-refractivity contribution in [2.45, 2.75) is 180 Å². The highest BCUT2D eigenvalue weighted by atomic mass is 31.2. The van der Waals surface area contributed by atoms with Crippen LogP contribution < -0.4 is 4.89 Å². The number of allylic oxidation sites excluding steroid dienone is 4. The molecule has 0 aliphatic heterocycles. The van der Waals surface area contributed by atoms with E-state index in [1.807, 2.05) is 33.3 Å². The topological polar surface area (TPSA) is 169 Å². The second kappa shape index (κ2) is 33.4. The molecule has 0 heterocycles. The molecule has 0 spiro atoms. The third-order valence-electron chi connectivity index (χ3n) is 10.5. The van der Waals surface area contributed by atoms with Gasteiger partial charge in [0, 0.05) is 31.1 Å². The van der Waals surface area contributed by atoms with Crippen LogP contribution in [0.15, 0.2) is 36.5 Å². The van der Waals surface area contributed by atoms with Crippen LogP contribution in [0.3, 0.4) is 0 Å². The third-order valence-corrected chi connectivity index (χ3v) is 11.5. The van der Waals surface area contributed by atoms with Crippen molar-refractivity contribution in [3.63, 3.8) is 0 Å². The van der Waals surface area contributed by atoms with Crippen molar-refractivity contribution in [1.29, 1.82) is 0 Å². The third kappa shape index (κ3) is 30.5. The number of unbranched alkanes of at least 4 members (excludes halogenated alkanes) is 14. The second-order valence-corrected chi connectivity index (χ2v) is 18.6. The monoisotopic (exact) mass is 856 g/mol. The maximum atomic E-state index is 12.7. The van der Waals surface area contributed by atoms with E-state index in [9.17, 15) is 34.1 Å². The summed E-state index contributed by atoms with van der Waals surface area (Å²) in [5.74, 6) is -1.75. The lowest BCUT2D eigenvalue weighted by Crippen LogP contribution is -2.37. The maximum Gasteiger partial charge on any atom is 0.306 e. The fourth-order valence-electron chi connectivity index (χ4n) is 6.81. The van der Waals surface area contributed by atoms with Crippen LogP contribution in [-0.4, -0.2) is 98.2 Å². The lowest BCUT2D eigenvalue weighted by atomic mass is 9.90. The number of rotatable bonds is 37. The molecule has 12 nitrogen and oxygen atoms in total. The number of likely N-dealkylation sites (N-methyl/N-ethyl adjacent to an activating group) is 1. The van der Waals surface area contributed by atoms with Crippen LogP contribution in [-0.2, 0) is 37.5 Å². The molecule has 0 amide bonds. The van der Waals surface area contributed by atoms with Crippen LogP contribution in [0, 0.1) is 11.8 Å². The Hall–Kier alpha value is -2.18. The first-order valence-corrected chi connectivity index (χ1v) is 24.3. The minimum atomic E-state index is -4.69. The zero-order chi connectivity index (χ0) is 43.8. The van der Waals surface area contributed by atoms with E-state index in [0.29, 0.717) is 43.1 Å². The van der Waals surface area contributed by atoms with Crippen molar-refractivity contribution in [2.75, 3.05) is 47.5 Å². The van der Waals surface area contributed by atoms with E-state index in [1.165, 1.54) is 51.4 Å². The van der Waals surface area contributed by atoms with E-state index < -0.39 is 44.7 Å². The van der Waals surface area contributed by atoms with Gasteiger partial charge in [-0.1, -0.05) is 121 Å². The molecule has 0 aromatic heterocycles. The molecule has 1 unspecified atom stereocenters. The maximum absolute atomic E-state index is 12.7. The van der Waals surface area contributed by atoms with Crippen LogP contribution in [0.25, 0.3) is 0 Å². The van der Waals surface area contributed by atoms with Gasteiger partial charge >= 0.3 is 11.9 Å². The van der Waals surface area contributed by atoms with Crippen molar-refractivity contribution in [2.24, 2.45) is 11.8 Å². The number of esters is 2. The molecule has 0 saturated heterocycles. The Bertz CT molecular complexity index is 1260. The highest BCUT2D eigenvalue weighted by molar-refractivity contribution is 7.45. The minimum absolute atomic E-state index is 0.00264. The number of quaternary nitrogens is 1. The molecule has 1 rings (SSSR count). The van der Waals surface area contributed by atoms with Crippen LogP contribution >= 0.6 is 7.82 Å². The molecule has 13 heteroatoms.